The molecule has 1 amide bonds. The van der Waals surface area contributed by atoms with Gasteiger partial charge in [0.15, 0.2) is 9.84 Å². The summed E-state index contributed by atoms with van der Waals surface area (Å²) in [4.78, 5) is 11.8. The fourth-order valence-corrected chi connectivity index (χ4v) is 3.20. The third-order valence-electron chi connectivity index (χ3n) is 2.90. The number of carbonyl (C=O) groups excluding carboxylic acids is 1. The molecule has 0 bridgehead atoms. The maximum atomic E-state index is 11.8. The Morgan fingerprint density at radius 3 is 2.61 bits per heavy atom. The van der Waals surface area contributed by atoms with Crippen LogP contribution in [-0.4, -0.2) is 38.2 Å². The zero-order valence-electron chi connectivity index (χ0n) is 11.1. The van der Waals surface area contributed by atoms with Gasteiger partial charge in [0.25, 0.3) is 0 Å². The van der Waals surface area contributed by atoms with Crippen LogP contribution in [0.5, 0.6) is 0 Å². The van der Waals surface area contributed by atoms with Crippen LogP contribution in [0.15, 0.2) is 11.5 Å². The highest BCUT2D eigenvalue weighted by Crippen LogP contribution is 2.08. The van der Waals surface area contributed by atoms with Crippen molar-refractivity contribution >= 4 is 15.7 Å². The second-order valence-corrected chi connectivity index (χ2v) is 6.78. The lowest BCUT2D eigenvalue weighted by atomic mass is 10.2. The van der Waals surface area contributed by atoms with E-state index < -0.39 is 15.9 Å². The SMILES string of the molecule is CCCC(C)NC(=O)C(C)NC1C=CS(=O)(=O)C1. The Morgan fingerprint density at radius 2 is 2.11 bits per heavy atom. The summed E-state index contributed by atoms with van der Waals surface area (Å²) in [7, 11) is -3.07. The molecular weight excluding hydrogens is 252 g/mol. The van der Waals surface area contributed by atoms with Gasteiger partial charge < -0.3 is 5.32 Å². The van der Waals surface area contributed by atoms with Gasteiger partial charge in [0.2, 0.25) is 5.91 Å². The number of hydrogen-bond donors (Lipinski definition) is 2. The van der Waals surface area contributed by atoms with Crippen molar-refractivity contribution in [3.05, 3.63) is 11.5 Å². The van der Waals surface area contributed by atoms with Crippen molar-refractivity contribution in [2.24, 2.45) is 0 Å². The lowest BCUT2D eigenvalue weighted by Crippen LogP contribution is -2.49. The molecule has 3 atom stereocenters. The van der Waals surface area contributed by atoms with Gasteiger partial charge in [0.05, 0.1) is 11.8 Å². The van der Waals surface area contributed by atoms with Crippen LogP contribution < -0.4 is 10.6 Å². The lowest BCUT2D eigenvalue weighted by Gasteiger charge is -2.20. The van der Waals surface area contributed by atoms with Gasteiger partial charge in [-0.3, -0.25) is 10.1 Å². The maximum Gasteiger partial charge on any atom is 0.237 e. The minimum Gasteiger partial charge on any atom is -0.352 e. The molecule has 2 N–H and O–H groups in total. The largest absolute Gasteiger partial charge is 0.352 e. The Bertz CT molecular complexity index is 417. The Hall–Kier alpha value is -0.880. The standard InChI is InChI=1S/C12H22N2O3S/c1-4-5-9(2)13-12(15)10(3)14-11-6-7-18(16,17)8-11/h6-7,9-11,14H,4-5,8H2,1-3H3,(H,13,15). The first-order valence-corrected chi connectivity index (χ1v) is 8.03. The highest BCUT2D eigenvalue weighted by atomic mass is 32.2. The van der Waals surface area contributed by atoms with Crippen molar-refractivity contribution in [2.45, 2.75) is 51.7 Å². The Morgan fingerprint density at radius 1 is 1.44 bits per heavy atom. The van der Waals surface area contributed by atoms with Gasteiger partial charge in [-0.2, -0.15) is 0 Å². The molecule has 0 saturated heterocycles. The molecule has 1 heterocycles. The maximum absolute atomic E-state index is 11.8. The number of sulfone groups is 1. The molecule has 0 aromatic rings. The number of nitrogens with one attached hydrogen (secondary N) is 2. The summed E-state index contributed by atoms with van der Waals surface area (Å²) in [6.45, 7) is 5.78. The first-order valence-electron chi connectivity index (χ1n) is 6.31. The van der Waals surface area contributed by atoms with Crippen LogP contribution in [0.4, 0.5) is 0 Å². The van der Waals surface area contributed by atoms with Crippen LogP contribution in [0, 0.1) is 0 Å². The van der Waals surface area contributed by atoms with Gasteiger partial charge in [0, 0.05) is 17.5 Å². The van der Waals surface area contributed by atoms with Crippen LogP contribution in [0.25, 0.3) is 0 Å². The van der Waals surface area contributed by atoms with E-state index in [4.69, 9.17) is 0 Å². The van der Waals surface area contributed by atoms with Gasteiger partial charge in [-0.25, -0.2) is 8.42 Å². The number of carbonyl (C=O) groups is 1. The molecule has 18 heavy (non-hydrogen) atoms. The Labute approximate surface area is 109 Å². The molecule has 0 aliphatic carbocycles. The molecule has 0 saturated carbocycles. The van der Waals surface area contributed by atoms with Crippen molar-refractivity contribution in [3.63, 3.8) is 0 Å². The summed E-state index contributed by atoms with van der Waals surface area (Å²) >= 11 is 0. The molecule has 104 valence electrons. The highest BCUT2D eigenvalue weighted by Gasteiger charge is 2.25. The molecule has 0 fully saturated rings. The summed E-state index contributed by atoms with van der Waals surface area (Å²) in [5, 5.41) is 7.11. The molecule has 1 aliphatic heterocycles. The third kappa shape index (κ3) is 4.78. The molecule has 1 aliphatic rings. The predicted molar refractivity (Wildman–Crippen MR) is 71.8 cm³/mol. The molecule has 0 aromatic carbocycles. The van der Waals surface area contributed by atoms with E-state index >= 15 is 0 Å². The summed E-state index contributed by atoms with van der Waals surface area (Å²) in [5.74, 6) is -0.0524. The Balaban J connectivity index is 2.39. The minimum atomic E-state index is -3.07. The molecule has 0 radical (unpaired) electrons. The second-order valence-electron chi connectivity index (χ2n) is 4.85. The van der Waals surface area contributed by atoms with Gasteiger partial charge in [0.1, 0.15) is 0 Å². The monoisotopic (exact) mass is 274 g/mol. The summed E-state index contributed by atoms with van der Waals surface area (Å²) in [6.07, 6.45) is 3.55. The first kappa shape index (κ1) is 15.2. The average Bonchev–Trinajstić information content (AvgIpc) is 2.58. The van der Waals surface area contributed by atoms with Crippen LogP contribution >= 0.6 is 0 Å². The molecule has 6 heteroatoms. The van der Waals surface area contributed by atoms with E-state index in [-0.39, 0.29) is 23.7 Å². The number of rotatable bonds is 6. The molecule has 0 spiro atoms. The van der Waals surface area contributed by atoms with E-state index in [2.05, 4.69) is 17.6 Å². The van der Waals surface area contributed by atoms with E-state index in [1.807, 2.05) is 6.92 Å². The number of amides is 1. The predicted octanol–water partition coefficient (Wildman–Crippen LogP) is 0.580. The van der Waals surface area contributed by atoms with E-state index in [1.165, 1.54) is 5.41 Å². The molecule has 1 rings (SSSR count). The minimum absolute atomic E-state index is 0.0368. The average molecular weight is 274 g/mol. The summed E-state index contributed by atoms with van der Waals surface area (Å²) in [6, 6.07) is -0.515. The quantitative estimate of drug-likeness (QED) is 0.743. The molecule has 0 aromatic heterocycles. The second kappa shape index (κ2) is 6.33. The highest BCUT2D eigenvalue weighted by molar-refractivity contribution is 7.94. The van der Waals surface area contributed by atoms with Crippen molar-refractivity contribution in [1.82, 2.24) is 10.6 Å². The van der Waals surface area contributed by atoms with E-state index in [0.717, 1.165) is 12.8 Å². The van der Waals surface area contributed by atoms with Crippen molar-refractivity contribution in [2.75, 3.05) is 5.75 Å². The van der Waals surface area contributed by atoms with Gasteiger partial charge in [-0.1, -0.05) is 19.4 Å². The first-order chi connectivity index (χ1) is 8.34. The van der Waals surface area contributed by atoms with Crippen molar-refractivity contribution in [3.8, 4) is 0 Å². The zero-order chi connectivity index (χ0) is 13.8. The van der Waals surface area contributed by atoms with Crippen molar-refractivity contribution in [1.29, 1.82) is 0 Å². The van der Waals surface area contributed by atoms with Crippen LogP contribution in [-0.2, 0) is 14.6 Å². The van der Waals surface area contributed by atoms with Gasteiger partial charge >= 0.3 is 0 Å². The van der Waals surface area contributed by atoms with Crippen molar-refractivity contribution < 1.29 is 13.2 Å². The van der Waals surface area contributed by atoms with E-state index in [0.29, 0.717) is 0 Å². The fourth-order valence-electron chi connectivity index (χ4n) is 1.95. The third-order valence-corrected chi connectivity index (χ3v) is 4.29. The summed E-state index contributed by atoms with van der Waals surface area (Å²) in [5.41, 5.74) is 0. The van der Waals surface area contributed by atoms with Crippen LogP contribution in [0.3, 0.4) is 0 Å². The van der Waals surface area contributed by atoms with Gasteiger partial charge in [-0.15, -0.1) is 0 Å². The fraction of sp³-hybridized carbons (Fsp3) is 0.750. The topological polar surface area (TPSA) is 75.3 Å². The molecular formula is C12H22N2O3S. The lowest BCUT2D eigenvalue weighted by molar-refractivity contribution is -0.123. The van der Waals surface area contributed by atoms with Crippen LogP contribution in [0.2, 0.25) is 0 Å². The molecule has 5 nitrogen and oxygen atoms in total. The Kier molecular flexibility index (Phi) is 5.34. The smallest absolute Gasteiger partial charge is 0.237 e. The molecule has 3 unspecified atom stereocenters. The van der Waals surface area contributed by atoms with Gasteiger partial charge in [-0.05, 0) is 20.3 Å². The van der Waals surface area contributed by atoms with Crippen LogP contribution in [0.1, 0.15) is 33.6 Å². The van der Waals surface area contributed by atoms with E-state index in [9.17, 15) is 13.2 Å². The van der Waals surface area contributed by atoms with E-state index in [1.54, 1.807) is 13.0 Å². The summed E-state index contributed by atoms with van der Waals surface area (Å²) < 4.78 is 22.5. The number of hydrogen-bond acceptors (Lipinski definition) is 4. The zero-order valence-corrected chi connectivity index (χ0v) is 12.0. The normalized spacial score (nSPS) is 24.7.